The van der Waals surface area contributed by atoms with Crippen molar-refractivity contribution in [2.24, 2.45) is 0 Å². The van der Waals surface area contributed by atoms with Gasteiger partial charge < -0.3 is 10.1 Å². The van der Waals surface area contributed by atoms with Crippen LogP contribution in [0.1, 0.15) is 16.1 Å². The molecular formula is C14H10BrN3O3. The van der Waals surface area contributed by atoms with E-state index in [4.69, 9.17) is 5.11 Å². The molecule has 0 spiro atoms. The minimum atomic E-state index is -1.17. The van der Waals surface area contributed by atoms with E-state index in [1.54, 1.807) is 6.20 Å². The number of fused-ring (bicyclic) bond motifs is 1. The van der Waals surface area contributed by atoms with Gasteiger partial charge in [-0.25, -0.2) is 9.31 Å². The fourth-order valence-corrected chi connectivity index (χ4v) is 2.31. The van der Waals surface area contributed by atoms with Crippen LogP contribution >= 0.6 is 15.9 Å². The Balaban J connectivity index is 2.22. The highest BCUT2D eigenvalue weighted by molar-refractivity contribution is 9.10. The third kappa shape index (κ3) is 2.36. The van der Waals surface area contributed by atoms with Gasteiger partial charge in [0.05, 0.1) is 11.9 Å². The largest absolute Gasteiger partial charge is 0.476 e. The van der Waals surface area contributed by atoms with E-state index in [0.717, 1.165) is 15.6 Å². The maximum atomic E-state index is 12.0. The molecule has 21 heavy (non-hydrogen) atoms. The molecule has 106 valence electrons. The number of carbonyl (C=O) groups is 1. The van der Waals surface area contributed by atoms with Crippen LogP contribution in [0.25, 0.3) is 16.8 Å². The van der Waals surface area contributed by atoms with Crippen LogP contribution in [0.3, 0.4) is 0 Å². The summed E-state index contributed by atoms with van der Waals surface area (Å²) in [4.78, 5) is 25.7. The standard InChI is InChI=1S/C14H10BrN3O3/c1-7-4-8(2-3-9(7)15)11-6-18-12(13(19)16-11)5-10(17-18)14(20)21/h2-6H,1H3,(H,16,19)(H,20,21). The van der Waals surface area contributed by atoms with Gasteiger partial charge in [-0.05, 0) is 30.2 Å². The fraction of sp³-hybridized carbons (Fsp3) is 0.0714. The summed E-state index contributed by atoms with van der Waals surface area (Å²) in [6, 6.07) is 6.91. The molecule has 0 unspecified atom stereocenters. The van der Waals surface area contributed by atoms with Gasteiger partial charge in [0.2, 0.25) is 0 Å². The van der Waals surface area contributed by atoms with Crippen LogP contribution in [0, 0.1) is 6.92 Å². The van der Waals surface area contributed by atoms with Gasteiger partial charge in [-0.1, -0.05) is 22.0 Å². The first kappa shape index (κ1) is 13.6. The van der Waals surface area contributed by atoms with Crippen molar-refractivity contribution >= 4 is 27.4 Å². The lowest BCUT2D eigenvalue weighted by molar-refractivity contribution is 0.0690. The van der Waals surface area contributed by atoms with Crippen LogP contribution in [0.4, 0.5) is 0 Å². The SMILES string of the molecule is Cc1cc(-c2cn3nc(C(=O)O)cc3c(=O)[nH]2)ccc1Br. The first-order valence-electron chi connectivity index (χ1n) is 6.08. The van der Waals surface area contributed by atoms with Crippen LogP contribution in [0.2, 0.25) is 0 Å². The van der Waals surface area contributed by atoms with Crippen LogP contribution in [0.15, 0.2) is 39.7 Å². The average Bonchev–Trinajstić information content (AvgIpc) is 2.86. The molecule has 0 aliphatic heterocycles. The Kier molecular flexibility index (Phi) is 3.13. The van der Waals surface area contributed by atoms with Gasteiger partial charge in [0.15, 0.2) is 5.69 Å². The van der Waals surface area contributed by atoms with E-state index in [9.17, 15) is 9.59 Å². The number of carboxylic acids is 1. The molecule has 0 amide bonds. The summed E-state index contributed by atoms with van der Waals surface area (Å²) in [6.45, 7) is 1.95. The van der Waals surface area contributed by atoms with Crippen molar-refractivity contribution in [3.8, 4) is 11.3 Å². The molecule has 2 heterocycles. The number of hydrogen-bond donors (Lipinski definition) is 2. The molecule has 2 aromatic heterocycles. The quantitative estimate of drug-likeness (QED) is 0.745. The molecule has 2 N–H and O–H groups in total. The number of H-pyrrole nitrogens is 1. The lowest BCUT2D eigenvalue weighted by Gasteiger charge is -2.05. The smallest absolute Gasteiger partial charge is 0.356 e. The first-order chi connectivity index (χ1) is 9.95. The number of carboxylic acid groups (broad SMARTS) is 1. The van der Waals surface area contributed by atoms with Crippen LogP contribution in [-0.2, 0) is 0 Å². The highest BCUT2D eigenvalue weighted by atomic mass is 79.9. The minimum Gasteiger partial charge on any atom is -0.476 e. The molecule has 0 atom stereocenters. The maximum absolute atomic E-state index is 12.0. The third-order valence-electron chi connectivity index (χ3n) is 3.16. The van der Waals surface area contributed by atoms with Crippen molar-refractivity contribution in [3.05, 3.63) is 56.5 Å². The number of rotatable bonds is 2. The Morgan fingerprint density at radius 1 is 1.38 bits per heavy atom. The Morgan fingerprint density at radius 3 is 2.81 bits per heavy atom. The van der Waals surface area contributed by atoms with Gasteiger partial charge in [-0.2, -0.15) is 5.10 Å². The van der Waals surface area contributed by atoms with Crippen LogP contribution in [0.5, 0.6) is 0 Å². The molecular weight excluding hydrogens is 338 g/mol. The van der Waals surface area contributed by atoms with E-state index in [0.29, 0.717) is 5.69 Å². The number of nitrogens with one attached hydrogen (secondary N) is 1. The lowest BCUT2D eigenvalue weighted by atomic mass is 10.1. The number of aromatic carboxylic acids is 1. The van der Waals surface area contributed by atoms with Crippen molar-refractivity contribution in [2.75, 3.05) is 0 Å². The Labute approximate surface area is 127 Å². The molecule has 0 fully saturated rings. The highest BCUT2D eigenvalue weighted by Crippen LogP contribution is 2.23. The molecule has 0 aliphatic carbocycles. The third-order valence-corrected chi connectivity index (χ3v) is 4.05. The molecule has 0 aliphatic rings. The zero-order chi connectivity index (χ0) is 15.1. The van der Waals surface area contributed by atoms with Gasteiger partial charge in [-0.3, -0.25) is 4.79 Å². The first-order valence-corrected chi connectivity index (χ1v) is 6.87. The predicted octanol–water partition coefficient (Wildman–Crippen LogP) is 2.46. The fourth-order valence-electron chi connectivity index (χ4n) is 2.07. The highest BCUT2D eigenvalue weighted by Gasteiger charge is 2.12. The maximum Gasteiger partial charge on any atom is 0.356 e. The van der Waals surface area contributed by atoms with Crippen LogP contribution in [-0.4, -0.2) is 25.7 Å². The van der Waals surface area contributed by atoms with E-state index in [2.05, 4.69) is 26.0 Å². The number of aryl methyl sites for hydroxylation is 1. The molecule has 0 saturated carbocycles. The zero-order valence-electron chi connectivity index (χ0n) is 10.9. The molecule has 7 heteroatoms. The number of nitrogens with zero attached hydrogens (tertiary/aromatic N) is 2. The molecule has 0 bridgehead atoms. The summed E-state index contributed by atoms with van der Waals surface area (Å²) in [6.07, 6.45) is 1.60. The normalized spacial score (nSPS) is 11.0. The Hall–Kier alpha value is -2.41. The zero-order valence-corrected chi connectivity index (χ0v) is 12.5. The van der Waals surface area contributed by atoms with Crippen molar-refractivity contribution < 1.29 is 9.90 Å². The minimum absolute atomic E-state index is 0.162. The van der Waals surface area contributed by atoms with Crippen LogP contribution < -0.4 is 5.56 Å². The Morgan fingerprint density at radius 2 is 2.14 bits per heavy atom. The molecule has 0 saturated heterocycles. The summed E-state index contributed by atoms with van der Waals surface area (Å²) < 4.78 is 2.26. The second kappa shape index (κ2) is 4.85. The van der Waals surface area contributed by atoms with Crippen molar-refractivity contribution in [2.45, 2.75) is 6.92 Å². The summed E-state index contributed by atoms with van der Waals surface area (Å²) in [5.74, 6) is -1.17. The van der Waals surface area contributed by atoms with Gasteiger partial charge >= 0.3 is 5.97 Å². The van der Waals surface area contributed by atoms with Crippen molar-refractivity contribution in [1.82, 2.24) is 14.6 Å². The van der Waals surface area contributed by atoms with Crippen molar-refractivity contribution in [1.29, 1.82) is 0 Å². The number of benzene rings is 1. The van der Waals surface area contributed by atoms with E-state index < -0.39 is 5.97 Å². The summed E-state index contributed by atoms with van der Waals surface area (Å²) in [5.41, 5.74) is 2.08. The lowest BCUT2D eigenvalue weighted by Crippen LogP contribution is -2.10. The molecule has 1 aromatic carbocycles. The van der Waals surface area contributed by atoms with Crippen molar-refractivity contribution in [3.63, 3.8) is 0 Å². The average molecular weight is 348 g/mol. The summed E-state index contributed by atoms with van der Waals surface area (Å²) in [7, 11) is 0. The number of hydrogen-bond acceptors (Lipinski definition) is 3. The van der Waals surface area contributed by atoms with E-state index in [1.165, 1.54) is 10.6 Å². The molecule has 0 radical (unpaired) electrons. The molecule has 3 aromatic rings. The monoisotopic (exact) mass is 347 g/mol. The second-order valence-corrected chi connectivity index (χ2v) is 5.48. The van der Waals surface area contributed by atoms with Gasteiger partial charge in [-0.15, -0.1) is 0 Å². The number of aromatic nitrogens is 3. The van der Waals surface area contributed by atoms with E-state index in [-0.39, 0.29) is 16.8 Å². The number of halogens is 1. The predicted molar refractivity (Wildman–Crippen MR) is 80.6 cm³/mol. The van der Waals surface area contributed by atoms with Gasteiger partial charge in [0.1, 0.15) is 5.52 Å². The topological polar surface area (TPSA) is 87.5 Å². The molecule has 3 rings (SSSR count). The Bertz CT molecular complexity index is 927. The summed E-state index contributed by atoms with van der Waals surface area (Å²) in [5, 5.41) is 12.8. The summed E-state index contributed by atoms with van der Waals surface area (Å²) >= 11 is 3.42. The number of aromatic amines is 1. The molecule has 6 nitrogen and oxygen atoms in total. The van der Waals surface area contributed by atoms with Gasteiger partial charge in [0.25, 0.3) is 5.56 Å². The second-order valence-electron chi connectivity index (χ2n) is 4.63. The van der Waals surface area contributed by atoms with E-state index in [1.807, 2.05) is 25.1 Å². The van der Waals surface area contributed by atoms with Gasteiger partial charge in [0, 0.05) is 10.5 Å². The van der Waals surface area contributed by atoms with E-state index >= 15 is 0 Å².